The minimum absolute atomic E-state index is 0.00871. The van der Waals surface area contributed by atoms with E-state index in [1.807, 2.05) is 0 Å². The van der Waals surface area contributed by atoms with Crippen LogP contribution in [0.15, 0.2) is 58.7 Å². The number of nitrogens with two attached hydrogens (primary N) is 1. The van der Waals surface area contributed by atoms with Gasteiger partial charge in [0.2, 0.25) is 15.9 Å². The third-order valence-electron chi connectivity index (χ3n) is 8.70. The summed E-state index contributed by atoms with van der Waals surface area (Å²) < 4.78 is 128. The van der Waals surface area contributed by atoms with Crippen LogP contribution in [0, 0.1) is 29.4 Å². The Kier molecular flexibility index (Phi) is 11.8. The molecule has 4 aromatic rings. The molecule has 0 radical (unpaired) electrons. The van der Waals surface area contributed by atoms with Crippen molar-refractivity contribution in [3.8, 4) is 23.0 Å². The van der Waals surface area contributed by atoms with E-state index >= 15 is 8.78 Å². The molecule has 1 aliphatic rings. The van der Waals surface area contributed by atoms with E-state index in [1.54, 1.807) is 0 Å². The number of carbonyl (C=O) groups excluding carboxylic acids is 1. The largest absolute Gasteiger partial charge is 0.431 e. The summed E-state index contributed by atoms with van der Waals surface area (Å²) in [5, 5.41) is 17.4. The SMILES string of the molecule is CC1CC(=C(N)C(F)(F)F)C(=NCC(=O)N[C@@H](Cc2cc(F)cc(F)c2)c2nc(C#CC(C)(C)O)ccc2-c2ccc(Cl)c3c(NS(C)(=O)=O)nn(C)c23)C1(F)F. The maximum atomic E-state index is 15.2. The summed E-state index contributed by atoms with van der Waals surface area (Å²) in [4.78, 5) is 21.9. The quantitative estimate of drug-likeness (QED) is 0.113. The van der Waals surface area contributed by atoms with Crippen molar-refractivity contribution in [2.24, 2.45) is 23.7 Å². The van der Waals surface area contributed by atoms with Crippen molar-refractivity contribution in [1.29, 1.82) is 0 Å². The number of amides is 1. The van der Waals surface area contributed by atoms with E-state index in [0.717, 1.165) is 25.3 Å². The number of sulfonamides is 1. The van der Waals surface area contributed by atoms with E-state index < -0.39 is 93.6 Å². The molecule has 1 saturated carbocycles. The highest BCUT2D eigenvalue weighted by molar-refractivity contribution is 7.92. The van der Waals surface area contributed by atoms with Gasteiger partial charge in [0.1, 0.15) is 40.9 Å². The normalized spacial score (nSPS) is 18.0. The molecule has 0 saturated heterocycles. The van der Waals surface area contributed by atoms with Crippen molar-refractivity contribution in [1.82, 2.24) is 20.1 Å². The van der Waals surface area contributed by atoms with Crippen molar-refractivity contribution < 1.29 is 49.1 Å². The van der Waals surface area contributed by atoms with Gasteiger partial charge in [-0.1, -0.05) is 30.5 Å². The van der Waals surface area contributed by atoms with E-state index in [9.17, 15) is 40.3 Å². The van der Waals surface area contributed by atoms with E-state index in [4.69, 9.17) is 17.3 Å². The Balaban J connectivity index is 1.71. The number of aromatic nitrogens is 3. The number of hydrogen-bond acceptors (Lipinski definition) is 8. The topological polar surface area (TPSA) is 165 Å². The van der Waals surface area contributed by atoms with Gasteiger partial charge in [-0.25, -0.2) is 22.2 Å². The zero-order chi connectivity index (χ0) is 42.4. The van der Waals surface area contributed by atoms with Crippen molar-refractivity contribution in [3.05, 3.63) is 87.3 Å². The molecule has 11 nitrogen and oxygen atoms in total. The number of aliphatic imine (C=N–C) groups is 1. The number of rotatable bonds is 9. The first-order valence-corrected chi connectivity index (χ1v) is 19.1. The first-order chi connectivity index (χ1) is 26.2. The van der Waals surface area contributed by atoms with Crippen LogP contribution >= 0.6 is 11.6 Å². The number of nitrogens with one attached hydrogen (secondary N) is 2. The standard InChI is InChI=1S/C37H35ClF7N7O4S/c1-18-12-25(32(46)37(43,44)45)33(36(18,41)42)47-17-28(53)49-27(15-19-13-20(39)16-21(40)14-19)30-23(7-6-22(48-30)10-11-35(2,3)54)24-8-9-26(38)29-31(24)52(4)50-34(29)51-57(5,55)56/h6-9,13-14,16,18,27,54H,12,15,17,46H2,1-5H3,(H,49,53)(H,50,51)/t18?,27-/m0/s1. The third kappa shape index (κ3) is 9.86. The van der Waals surface area contributed by atoms with Crippen molar-refractivity contribution in [2.75, 3.05) is 17.5 Å². The maximum Gasteiger partial charge on any atom is 0.431 e. The molecule has 1 amide bonds. The average Bonchev–Trinajstić information content (AvgIpc) is 3.51. The van der Waals surface area contributed by atoms with Crippen LogP contribution in [0.25, 0.3) is 22.0 Å². The minimum atomic E-state index is -5.16. The highest BCUT2D eigenvalue weighted by atomic mass is 35.5. The van der Waals surface area contributed by atoms with Gasteiger partial charge in [0.15, 0.2) is 5.82 Å². The number of hydrogen-bond donors (Lipinski definition) is 4. The molecule has 5 rings (SSSR count). The van der Waals surface area contributed by atoms with Gasteiger partial charge >= 0.3 is 6.18 Å². The second-order valence-electron chi connectivity index (χ2n) is 14.0. The number of aryl methyl sites for hydroxylation is 1. The fraction of sp³-hybridized carbons (Fsp3) is 0.351. The lowest BCUT2D eigenvalue weighted by atomic mass is 9.93. The van der Waals surface area contributed by atoms with Gasteiger partial charge in [-0.05, 0) is 68.5 Å². The summed E-state index contributed by atoms with van der Waals surface area (Å²) in [6.07, 6.45) is -5.41. The molecule has 57 heavy (non-hydrogen) atoms. The Bertz CT molecular complexity index is 2480. The Morgan fingerprint density at radius 2 is 1.77 bits per heavy atom. The van der Waals surface area contributed by atoms with Gasteiger partial charge in [-0.2, -0.15) is 27.1 Å². The molecule has 0 bridgehead atoms. The van der Waals surface area contributed by atoms with E-state index in [1.165, 1.54) is 49.8 Å². The second-order valence-corrected chi connectivity index (χ2v) is 16.1. The van der Waals surface area contributed by atoms with Crippen LogP contribution in [0.3, 0.4) is 0 Å². The summed E-state index contributed by atoms with van der Waals surface area (Å²) in [5.74, 6) is -3.36. The molecule has 5 N–H and O–H groups in total. The summed E-state index contributed by atoms with van der Waals surface area (Å²) in [6, 6.07) is 7.12. The van der Waals surface area contributed by atoms with Gasteiger partial charge < -0.3 is 16.2 Å². The van der Waals surface area contributed by atoms with Crippen molar-refractivity contribution in [3.63, 3.8) is 0 Å². The maximum absolute atomic E-state index is 15.2. The van der Waals surface area contributed by atoms with Gasteiger partial charge in [-0.15, -0.1) is 0 Å². The zero-order valence-electron chi connectivity index (χ0n) is 30.8. The van der Waals surface area contributed by atoms with Gasteiger partial charge in [-0.3, -0.25) is 19.2 Å². The van der Waals surface area contributed by atoms with Crippen LogP contribution in [0.5, 0.6) is 0 Å². The van der Waals surface area contributed by atoms with Crippen LogP contribution in [-0.2, 0) is 28.3 Å². The summed E-state index contributed by atoms with van der Waals surface area (Å²) in [7, 11) is -2.36. The number of carbonyl (C=O) groups is 1. The molecule has 0 spiro atoms. The summed E-state index contributed by atoms with van der Waals surface area (Å²) in [6.45, 7) is 2.70. The molecule has 1 unspecified atom stereocenters. The molecule has 20 heteroatoms. The lowest BCUT2D eigenvalue weighted by Gasteiger charge is -2.22. The highest BCUT2D eigenvalue weighted by Gasteiger charge is 2.53. The molecule has 2 aromatic heterocycles. The molecule has 2 atom stereocenters. The summed E-state index contributed by atoms with van der Waals surface area (Å²) in [5.41, 5.74) is 0.488. The molecule has 1 fully saturated rings. The van der Waals surface area contributed by atoms with E-state index in [-0.39, 0.29) is 44.3 Å². The minimum Gasteiger partial charge on any atom is -0.394 e. The fourth-order valence-electron chi connectivity index (χ4n) is 6.24. The van der Waals surface area contributed by atoms with E-state index in [0.29, 0.717) is 11.6 Å². The Morgan fingerprint density at radius 1 is 1.14 bits per heavy atom. The van der Waals surface area contributed by atoms with E-state index in [2.05, 4.69) is 37.0 Å². The lowest BCUT2D eigenvalue weighted by Crippen LogP contribution is -2.35. The smallest absolute Gasteiger partial charge is 0.394 e. The number of benzene rings is 2. The second kappa shape index (κ2) is 15.6. The molecule has 2 aromatic carbocycles. The number of allylic oxidation sites excluding steroid dienone is 2. The van der Waals surface area contributed by atoms with Crippen molar-refractivity contribution >= 4 is 50.0 Å². The van der Waals surface area contributed by atoms with Gasteiger partial charge in [0.05, 0.1) is 33.9 Å². The highest BCUT2D eigenvalue weighted by Crippen LogP contribution is 2.44. The fourth-order valence-corrected chi connectivity index (χ4v) is 6.98. The number of alkyl halides is 5. The summed E-state index contributed by atoms with van der Waals surface area (Å²) >= 11 is 6.54. The van der Waals surface area contributed by atoms with Crippen molar-refractivity contribution in [2.45, 2.75) is 57.4 Å². The molecule has 1 aliphatic carbocycles. The Morgan fingerprint density at radius 3 is 2.37 bits per heavy atom. The van der Waals surface area contributed by atoms with Crippen LogP contribution in [-0.4, -0.2) is 70.4 Å². The molecule has 2 heterocycles. The predicted octanol–water partition coefficient (Wildman–Crippen LogP) is 6.35. The Labute approximate surface area is 327 Å². The number of aliphatic hydroxyl groups is 1. The molecular formula is C37H35ClF7N7O4S. The van der Waals surface area contributed by atoms with Crippen LogP contribution < -0.4 is 15.8 Å². The van der Waals surface area contributed by atoms with Gasteiger partial charge in [0.25, 0.3) is 5.92 Å². The molecular weight excluding hydrogens is 807 g/mol. The Hall–Kier alpha value is -5.19. The molecule has 0 aliphatic heterocycles. The first-order valence-electron chi connectivity index (χ1n) is 16.9. The lowest BCUT2D eigenvalue weighted by molar-refractivity contribution is -0.120. The average molecular weight is 842 g/mol. The molecule has 304 valence electrons. The van der Waals surface area contributed by atoms with Crippen LogP contribution in [0.1, 0.15) is 50.2 Å². The van der Waals surface area contributed by atoms with Crippen LogP contribution in [0.2, 0.25) is 5.02 Å². The number of anilines is 1. The predicted molar refractivity (Wildman–Crippen MR) is 200 cm³/mol. The zero-order valence-corrected chi connectivity index (χ0v) is 32.4. The van der Waals surface area contributed by atoms with Crippen LogP contribution in [0.4, 0.5) is 36.6 Å². The number of nitrogens with zero attached hydrogens (tertiary/aromatic N) is 4. The van der Waals surface area contributed by atoms with Gasteiger partial charge in [0, 0.05) is 35.7 Å². The third-order valence-corrected chi connectivity index (χ3v) is 9.58. The number of fused-ring (bicyclic) bond motifs is 1. The number of pyridine rings is 1. The monoisotopic (exact) mass is 841 g/mol. The number of halogens is 8. The first kappa shape index (κ1) is 42.9.